The van der Waals surface area contributed by atoms with Crippen LogP contribution in [-0.2, 0) is 34.5 Å². The zero-order valence-corrected chi connectivity index (χ0v) is 31.5. The maximum atomic E-state index is 9.12. The van der Waals surface area contributed by atoms with Gasteiger partial charge in [-0.25, -0.2) is 0 Å². The number of fused-ring (bicyclic) bond motifs is 2. The summed E-state index contributed by atoms with van der Waals surface area (Å²) in [5, 5.41) is 0. The maximum absolute atomic E-state index is 9.12. The average molecular weight is 775 g/mol. The third-order valence-corrected chi connectivity index (χ3v) is 91.3. The molecule has 0 radical (unpaired) electrons. The van der Waals surface area contributed by atoms with Crippen LogP contribution in [0.5, 0.6) is 0 Å². The summed E-state index contributed by atoms with van der Waals surface area (Å²) in [5.41, 5.74) is 10.8. The van der Waals surface area contributed by atoms with Crippen molar-refractivity contribution in [2.24, 2.45) is 0 Å². The van der Waals surface area contributed by atoms with Crippen molar-refractivity contribution in [2.75, 3.05) is 0 Å². The Morgan fingerprint density at radius 1 is 0.548 bits per heavy atom. The molecule has 215 valence electrons. The molecule has 4 aromatic carbocycles. The number of rotatable bonds is 9. The molecule has 0 saturated carbocycles. The van der Waals surface area contributed by atoms with Crippen LogP contribution in [0.4, 0.5) is 0 Å². The van der Waals surface area contributed by atoms with E-state index in [-0.39, 0.29) is 0 Å². The molecule has 6 rings (SSSR count). The van der Waals surface area contributed by atoms with Gasteiger partial charge in [0.15, 0.2) is 0 Å². The molecule has 0 amide bonds. The van der Waals surface area contributed by atoms with Crippen molar-refractivity contribution in [3.8, 4) is 0 Å². The predicted molar refractivity (Wildman–Crippen MR) is 184 cm³/mol. The van der Waals surface area contributed by atoms with Crippen LogP contribution in [-0.4, -0.2) is 5.98 Å². The number of hydrogen-bond acceptors (Lipinski definition) is 0. The zero-order chi connectivity index (χ0) is 29.6. The number of benzene rings is 4. The Bertz CT molecular complexity index is 1550. The summed E-state index contributed by atoms with van der Waals surface area (Å²) in [6.45, 7) is 9.59. The topological polar surface area (TPSA) is 0 Å². The van der Waals surface area contributed by atoms with E-state index < -0.39 is 27.6 Å². The van der Waals surface area contributed by atoms with Crippen LogP contribution < -0.4 is 0 Å². The molecule has 2 atom stereocenters. The predicted octanol–water partition coefficient (Wildman–Crippen LogP) is 10.9. The van der Waals surface area contributed by atoms with E-state index in [1.807, 2.05) is 0 Å². The van der Waals surface area contributed by atoms with Crippen LogP contribution in [0.3, 0.4) is 0 Å². The fourth-order valence-electron chi connectivity index (χ4n) is 8.78. The molecule has 0 N–H and O–H groups in total. The summed E-state index contributed by atoms with van der Waals surface area (Å²) in [5.74, 6) is -1.79. The summed E-state index contributed by atoms with van der Waals surface area (Å²) >= 11 is -5.45. The van der Waals surface area contributed by atoms with Crippen LogP contribution in [0, 0.1) is 0 Å². The minimum atomic E-state index is -5.45. The van der Waals surface area contributed by atoms with Gasteiger partial charge in [0.05, 0.1) is 0 Å². The van der Waals surface area contributed by atoms with E-state index in [1.54, 1.807) is 0 Å². The summed E-state index contributed by atoms with van der Waals surface area (Å²) in [7, 11) is 18.2. The molecule has 2 unspecified atom stereocenters. The number of allylic oxidation sites excluding steroid dienone is 2. The first kappa shape index (κ1) is 30.1. The second-order valence-electron chi connectivity index (χ2n) is 12.6. The van der Waals surface area contributed by atoms with Gasteiger partial charge >= 0.3 is 263 Å². The van der Waals surface area contributed by atoms with Crippen molar-refractivity contribution >= 4 is 35.3 Å². The molecule has 2 aliphatic carbocycles. The standard InChI is InChI=1S/2C18H17.C2H7Si.2ClH.Hf/c2*1-2-15-13-16-10-6-7-11-17(16)18(15)12-14-8-4-3-5-9-14;1-3-2;;;/h2*3-11,13H,2,12H2,1H3;3H,1-2H3;2*1H;/q;;;;;+2/p-2. The monoisotopic (exact) mass is 775 g/mol. The molecule has 4 heteroatoms. The Morgan fingerprint density at radius 3 is 1.26 bits per heavy atom. The first-order valence-corrected chi connectivity index (χ1v) is 37.1. The second-order valence-corrected chi connectivity index (χ2v) is 71.1. The van der Waals surface area contributed by atoms with Crippen LogP contribution in [0.2, 0.25) is 13.1 Å². The molecule has 2 aliphatic rings. The van der Waals surface area contributed by atoms with Gasteiger partial charge in [-0.3, -0.25) is 0 Å². The Labute approximate surface area is 261 Å². The van der Waals surface area contributed by atoms with Gasteiger partial charge in [0, 0.05) is 0 Å². The molecule has 0 bridgehead atoms. The third-order valence-electron chi connectivity index (χ3n) is 10.6. The SMILES string of the molecule is CCC1=Cc2ccccc2[C]1(Cc1ccccc1)[Hf]([Cl])([Cl])([SiH](C)C)[C]1(Cc2ccccc2)C(CC)=Cc2ccccc21. The molecule has 0 nitrogen and oxygen atoms in total. The van der Waals surface area contributed by atoms with E-state index in [9.17, 15) is 0 Å². The Morgan fingerprint density at radius 2 is 0.905 bits per heavy atom. The molecule has 0 aromatic heterocycles. The van der Waals surface area contributed by atoms with Gasteiger partial charge in [0.1, 0.15) is 0 Å². The third kappa shape index (κ3) is 4.01. The molecule has 0 aliphatic heterocycles. The van der Waals surface area contributed by atoms with Crippen LogP contribution in [0.1, 0.15) is 60.1 Å². The van der Waals surface area contributed by atoms with Crippen molar-refractivity contribution in [3.63, 3.8) is 0 Å². The minimum absolute atomic E-state index is 0.423. The Hall–Kier alpha value is -1.97. The van der Waals surface area contributed by atoms with E-state index in [0.29, 0.717) is 0 Å². The molecular weight excluding hydrogens is 734 g/mol. The fraction of sp³-hybridized carbons (Fsp3) is 0.263. The second kappa shape index (κ2) is 11.2. The fourth-order valence-corrected chi connectivity index (χ4v) is 66.4. The van der Waals surface area contributed by atoms with E-state index in [2.05, 4.69) is 148 Å². The van der Waals surface area contributed by atoms with Crippen molar-refractivity contribution in [1.82, 2.24) is 0 Å². The van der Waals surface area contributed by atoms with Crippen LogP contribution in [0.15, 0.2) is 120 Å². The molecule has 4 aromatic rings. The molecule has 42 heavy (non-hydrogen) atoms. The quantitative estimate of drug-likeness (QED) is 0.149. The molecule has 0 spiro atoms. The normalized spacial score (nSPS) is 22.2. The van der Waals surface area contributed by atoms with Crippen molar-refractivity contribution in [1.29, 1.82) is 0 Å². The first-order chi connectivity index (χ1) is 20.2. The first-order valence-electron chi connectivity index (χ1n) is 15.5. The number of hydrogen-bond donors (Lipinski definition) is 0. The van der Waals surface area contributed by atoms with Crippen molar-refractivity contribution in [3.05, 3.63) is 154 Å². The summed E-state index contributed by atoms with van der Waals surface area (Å²) in [6, 6.07) is 40.1. The van der Waals surface area contributed by atoms with Crippen molar-refractivity contribution in [2.45, 2.75) is 59.0 Å². The molecule has 0 heterocycles. The zero-order valence-electron chi connectivity index (χ0n) is 25.2. The van der Waals surface area contributed by atoms with Gasteiger partial charge < -0.3 is 0 Å². The van der Waals surface area contributed by atoms with Crippen LogP contribution in [0.25, 0.3) is 12.2 Å². The molecular formula is C38H41Cl2HfSi. The van der Waals surface area contributed by atoms with E-state index in [4.69, 9.17) is 17.2 Å². The number of halogens is 2. The molecule has 0 saturated heterocycles. The molecule has 0 fully saturated rings. The van der Waals surface area contributed by atoms with Gasteiger partial charge in [0.25, 0.3) is 0 Å². The van der Waals surface area contributed by atoms with E-state index in [1.165, 1.54) is 44.5 Å². The Balaban J connectivity index is 1.80. The van der Waals surface area contributed by atoms with Crippen LogP contribution >= 0.6 is 17.2 Å². The van der Waals surface area contributed by atoms with Gasteiger partial charge in [-0.05, 0) is 0 Å². The van der Waals surface area contributed by atoms with E-state index in [0.717, 1.165) is 25.7 Å². The van der Waals surface area contributed by atoms with Gasteiger partial charge in [-0.2, -0.15) is 0 Å². The summed E-state index contributed by atoms with van der Waals surface area (Å²) in [4.78, 5) is 0. The summed E-state index contributed by atoms with van der Waals surface area (Å²) in [6.07, 6.45) is 8.47. The van der Waals surface area contributed by atoms with Gasteiger partial charge in [-0.1, -0.05) is 0 Å². The summed E-state index contributed by atoms with van der Waals surface area (Å²) < 4.78 is -0.845. The van der Waals surface area contributed by atoms with E-state index >= 15 is 0 Å². The van der Waals surface area contributed by atoms with Gasteiger partial charge in [0.2, 0.25) is 0 Å². The average Bonchev–Trinajstić information content (AvgIpc) is 3.52. The van der Waals surface area contributed by atoms with Crippen molar-refractivity contribution < 1.29 is 15.3 Å². The Kier molecular flexibility index (Phi) is 8.01. The van der Waals surface area contributed by atoms with Gasteiger partial charge in [-0.15, -0.1) is 0 Å².